The number of carbonyl (C=O) groups excluding carboxylic acids is 1. The lowest BCUT2D eigenvalue weighted by atomic mass is 10.0. The van der Waals surface area contributed by atoms with Crippen LogP contribution in [-0.4, -0.2) is 65.4 Å². The van der Waals surface area contributed by atoms with E-state index in [1.54, 1.807) is 7.11 Å². The van der Waals surface area contributed by atoms with Gasteiger partial charge in [0.05, 0.1) is 18.7 Å². The molecule has 1 aromatic rings. The van der Waals surface area contributed by atoms with E-state index in [1.165, 1.54) is 5.56 Å². The zero-order valence-corrected chi connectivity index (χ0v) is 12.2. The molecule has 0 bridgehead atoms. The second-order valence-electron chi connectivity index (χ2n) is 5.86. The molecule has 20 heavy (non-hydrogen) atoms. The Kier molecular flexibility index (Phi) is 3.76. The van der Waals surface area contributed by atoms with E-state index in [-0.39, 0.29) is 5.92 Å². The van der Waals surface area contributed by atoms with Gasteiger partial charge in [0.1, 0.15) is 0 Å². The Bertz CT molecular complexity index is 487. The van der Waals surface area contributed by atoms with Crippen molar-refractivity contribution in [2.75, 3.05) is 39.9 Å². The molecule has 0 aromatic carbocycles. The minimum absolute atomic E-state index is 0.184. The monoisotopic (exact) mass is 278 g/mol. The summed E-state index contributed by atoms with van der Waals surface area (Å²) < 4.78 is 6.89. The van der Waals surface area contributed by atoms with Crippen LogP contribution >= 0.6 is 0 Å². The Morgan fingerprint density at radius 1 is 1.40 bits per heavy atom. The van der Waals surface area contributed by atoms with E-state index in [2.05, 4.69) is 10.00 Å². The van der Waals surface area contributed by atoms with Gasteiger partial charge in [-0.05, 0) is 0 Å². The normalized spacial score (nSPS) is 26.5. The third kappa shape index (κ3) is 2.58. The molecule has 0 N–H and O–H groups in total. The molecule has 2 saturated heterocycles. The molecule has 6 nitrogen and oxygen atoms in total. The minimum Gasteiger partial charge on any atom is -0.383 e. The van der Waals surface area contributed by atoms with E-state index in [4.69, 9.17) is 4.74 Å². The molecule has 0 radical (unpaired) electrons. The first-order valence-corrected chi connectivity index (χ1v) is 7.15. The van der Waals surface area contributed by atoms with Crippen LogP contribution in [0.5, 0.6) is 0 Å². The smallest absolute Gasteiger partial charge is 0.227 e. The summed E-state index contributed by atoms with van der Waals surface area (Å²) in [5.74, 6) is 0.972. The van der Waals surface area contributed by atoms with Gasteiger partial charge in [-0.1, -0.05) is 0 Å². The fraction of sp³-hybridized carbons (Fsp3) is 0.714. The summed E-state index contributed by atoms with van der Waals surface area (Å²) in [5, 5.41) is 4.19. The van der Waals surface area contributed by atoms with E-state index in [9.17, 15) is 4.79 Å². The Labute approximate surface area is 119 Å². The Morgan fingerprint density at radius 3 is 2.90 bits per heavy atom. The largest absolute Gasteiger partial charge is 0.383 e. The minimum atomic E-state index is 0.184. The van der Waals surface area contributed by atoms with Gasteiger partial charge in [-0.15, -0.1) is 0 Å². The van der Waals surface area contributed by atoms with E-state index in [0.29, 0.717) is 18.4 Å². The van der Waals surface area contributed by atoms with Gasteiger partial charge >= 0.3 is 0 Å². The summed E-state index contributed by atoms with van der Waals surface area (Å²) in [6, 6.07) is 0. The van der Waals surface area contributed by atoms with Crippen molar-refractivity contribution >= 4 is 5.91 Å². The molecular weight excluding hydrogens is 256 g/mol. The molecule has 2 aliphatic heterocycles. The molecule has 0 saturated carbocycles. The van der Waals surface area contributed by atoms with Gasteiger partial charge in [-0.25, -0.2) is 0 Å². The lowest BCUT2D eigenvalue weighted by molar-refractivity contribution is -0.131. The van der Waals surface area contributed by atoms with Gasteiger partial charge in [-0.3, -0.25) is 14.4 Å². The number of nitrogens with zero attached hydrogens (tertiary/aromatic N) is 4. The molecule has 1 aromatic heterocycles. The number of ether oxygens (including phenoxy) is 1. The number of aromatic nitrogens is 2. The van der Waals surface area contributed by atoms with Crippen molar-refractivity contribution in [3.8, 4) is 0 Å². The van der Waals surface area contributed by atoms with Gasteiger partial charge in [-0.2, -0.15) is 5.10 Å². The Balaban J connectivity index is 1.55. The molecule has 0 unspecified atom stereocenters. The van der Waals surface area contributed by atoms with Gasteiger partial charge in [0.25, 0.3) is 0 Å². The molecule has 2 fully saturated rings. The molecule has 3 rings (SSSR count). The van der Waals surface area contributed by atoms with Crippen LogP contribution in [0.4, 0.5) is 0 Å². The van der Waals surface area contributed by atoms with Gasteiger partial charge in [0.2, 0.25) is 5.91 Å². The first kappa shape index (κ1) is 13.6. The molecule has 3 heterocycles. The SMILES string of the molecule is COCCN1C[C@@H]2CN(Cc3cnn(C)c3)C[C@@H]2C1=O. The van der Waals surface area contributed by atoms with Crippen LogP contribution < -0.4 is 0 Å². The summed E-state index contributed by atoms with van der Waals surface area (Å²) in [5.41, 5.74) is 1.22. The third-order valence-corrected chi connectivity index (χ3v) is 4.33. The van der Waals surface area contributed by atoms with E-state index < -0.39 is 0 Å². The number of aryl methyl sites for hydroxylation is 1. The standard InChI is InChI=1S/C14H22N4O2/c1-16-6-11(5-15-16)7-17-8-12-9-18(3-4-20-2)14(19)13(12)10-17/h5-6,12-13H,3-4,7-10H2,1-2H3/t12-,13-/m0/s1. The highest BCUT2D eigenvalue weighted by molar-refractivity contribution is 5.82. The fourth-order valence-corrected chi connectivity index (χ4v) is 3.38. The average Bonchev–Trinajstić information content (AvgIpc) is 3.06. The van der Waals surface area contributed by atoms with Crippen molar-refractivity contribution in [1.82, 2.24) is 19.6 Å². The molecule has 6 heteroatoms. The van der Waals surface area contributed by atoms with E-state index in [0.717, 1.165) is 32.7 Å². The van der Waals surface area contributed by atoms with Crippen molar-refractivity contribution in [3.05, 3.63) is 18.0 Å². The molecular formula is C14H22N4O2. The number of amides is 1. The number of rotatable bonds is 5. The number of hydrogen-bond donors (Lipinski definition) is 0. The number of methoxy groups -OCH3 is 1. The van der Waals surface area contributed by atoms with E-state index >= 15 is 0 Å². The topological polar surface area (TPSA) is 50.6 Å². The van der Waals surface area contributed by atoms with E-state index in [1.807, 2.05) is 29.0 Å². The molecule has 0 aliphatic carbocycles. The average molecular weight is 278 g/mol. The number of hydrogen-bond acceptors (Lipinski definition) is 4. The highest BCUT2D eigenvalue weighted by atomic mass is 16.5. The lowest BCUT2D eigenvalue weighted by Gasteiger charge is -2.21. The number of likely N-dealkylation sites (tertiary alicyclic amines) is 2. The van der Waals surface area contributed by atoms with Gasteiger partial charge in [0.15, 0.2) is 0 Å². The van der Waals surface area contributed by atoms with Crippen molar-refractivity contribution < 1.29 is 9.53 Å². The van der Waals surface area contributed by atoms with Crippen molar-refractivity contribution in [2.45, 2.75) is 6.54 Å². The van der Waals surface area contributed by atoms with Crippen LogP contribution in [-0.2, 0) is 23.1 Å². The fourth-order valence-electron chi connectivity index (χ4n) is 3.38. The van der Waals surface area contributed by atoms with Crippen LogP contribution in [0.2, 0.25) is 0 Å². The summed E-state index contributed by atoms with van der Waals surface area (Å²) in [6.45, 7) is 5.02. The second kappa shape index (κ2) is 5.54. The van der Waals surface area contributed by atoms with Crippen molar-refractivity contribution in [1.29, 1.82) is 0 Å². The molecule has 0 spiro atoms. The lowest BCUT2D eigenvalue weighted by Crippen LogP contribution is -2.34. The Morgan fingerprint density at radius 2 is 2.25 bits per heavy atom. The molecule has 2 atom stereocenters. The maximum atomic E-state index is 12.3. The maximum Gasteiger partial charge on any atom is 0.227 e. The van der Waals surface area contributed by atoms with Gasteiger partial charge < -0.3 is 9.64 Å². The zero-order valence-electron chi connectivity index (χ0n) is 12.2. The predicted octanol–water partition coefficient (Wildman–Crippen LogP) is -0.0433. The highest BCUT2D eigenvalue weighted by Crippen LogP contribution is 2.32. The summed E-state index contributed by atoms with van der Waals surface area (Å²) >= 11 is 0. The highest BCUT2D eigenvalue weighted by Gasteiger charge is 2.45. The van der Waals surface area contributed by atoms with Crippen LogP contribution in [0.15, 0.2) is 12.4 Å². The summed E-state index contributed by atoms with van der Waals surface area (Å²) in [6.07, 6.45) is 3.95. The predicted molar refractivity (Wildman–Crippen MR) is 73.9 cm³/mol. The molecule has 1 amide bonds. The first-order chi connectivity index (χ1) is 9.67. The molecule has 110 valence electrons. The second-order valence-corrected chi connectivity index (χ2v) is 5.86. The third-order valence-electron chi connectivity index (χ3n) is 4.33. The van der Waals surface area contributed by atoms with Gasteiger partial charge in [0, 0.05) is 64.6 Å². The molecule has 2 aliphatic rings. The maximum absolute atomic E-state index is 12.3. The van der Waals surface area contributed by atoms with Crippen LogP contribution in [0.1, 0.15) is 5.56 Å². The van der Waals surface area contributed by atoms with Crippen LogP contribution in [0, 0.1) is 11.8 Å². The zero-order chi connectivity index (χ0) is 14.1. The first-order valence-electron chi connectivity index (χ1n) is 7.15. The van der Waals surface area contributed by atoms with Crippen molar-refractivity contribution in [2.24, 2.45) is 18.9 Å². The quantitative estimate of drug-likeness (QED) is 0.758. The van der Waals surface area contributed by atoms with Crippen LogP contribution in [0.3, 0.4) is 0 Å². The number of carbonyl (C=O) groups is 1. The van der Waals surface area contributed by atoms with Crippen molar-refractivity contribution in [3.63, 3.8) is 0 Å². The summed E-state index contributed by atoms with van der Waals surface area (Å²) in [7, 11) is 3.61. The summed E-state index contributed by atoms with van der Waals surface area (Å²) in [4.78, 5) is 16.7. The Hall–Kier alpha value is -1.40. The number of fused-ring (bicyclic) bond motifs is 1. The van der Waals surface area contributed by atoms with Crippen LogP contribution in [0.25, 0.3) is 0 Å².